The van der Waals surface area contributed by atoms with Crippen LogP contribution in [0.5, 0.6) is 0 Å². The summed E-state index contributed by atoms with van der Waals surface area (Å²) in [5.41, 5.74) is 1.84. The molecule has 0 unspecified atom stereocenters. The van der Waals surface area contributed by atoms with Crippen LogP contribution in [-0.4, -0.2) is 20.6 Å². The van der Waals surface area contributed by atoms with E-state index < -0.39 is 5.97 Å². The van der Waals surface area contributed by atoms with E-state index in [0.717, 1.165) is 29.7 Å². The summed E-state index contributed by atoms with van der Waals surface area (Å²) in [5.74, 6) is -0.0138. The Bertz CT molecular complexity index is 583. The number of aryl methyl sites for hydroxylation is 1. The third-order valence-corrected chi connectivity index (χ3v) is 3.42. The average molecular weight is 246 g/mol. The van der Waals surface area contributed by atoms with Crippen molar-refractivity contribution in [3.63, 3.8) is 0 Å². The molecule has 0 radical (unpaired) electrons. The van der Waals surface area contributed by atoms with Crippen LogP contribution >= 0.6 is 0 Å². The molecule has 0 atom stereocenters. The first-order chi connectivity index (χ1) is 8.60. The van der Waals surface area contributed by atoms with Crippen LogP contribution in [0.25, 0.3) is 11.0 Å². The fraction of sp³-hybridized carbons (Fsp3) is 0.429. The van der Waals surface area contributed by atoms with Gasteiger partial charge in [0.1, 0.15) is 5.82 Å². The summed E-state index contributed by atoms with van der Waals surface area (Å²) in [5, 5.41) is 9.30. The van der Waals surface area contributed by atoms with Gasteiger partial charge in [0.25, 0.3) is 0 Å². The monoisotopic (exact) mass is 246 g/mol. The van der Waals surface area contributed by atoms with Gasteiger partial charge in [-0.25, -0.2) is 9.78 Å². The number of para-hydroxylation sites is 1. The van der Waals surface area contributed by atoms with Crippen molar-refractivity contribution in [2.24, 2.45) is 0 Å². The van der Waals surface area contributed by atoms with Gasteiger partial charge in [0, 0.05) is 6.04 Å². The summed E-state index contributed by atoms with van der Waals surface area (Å²) in [6.45, 7) is 6.16. The van der Waals surface area contributed by atoms with Crippen LogP contribution in [0.15, 0.2) is 18.2 Å². The van der Waals surface area contributed by atoms with Crippen molar-refractivity contribution in [3.05, 3.63) is 29.6 Å². The third kappa shape index (κ3) is 1.88. The topological polar surface area (TPSA) is 55.1 Å². The Morgan fingerprint density at radius 2 is 2.06 bits per heavy atom. The van der Waals surface area contributed by atoms with Crippen LogP contribution in [0, 0.1) is 6.92 Å². The van der Waals surface area contributed by atoms with Gasteiger partial charge < -0.3 is 9.67 Å². The molecule has 96 valence electrons. The highest BCUT2D eigenvalue weighted by Gasteiger charge is 2.19. The Balaban J connectivity index is 2.79. The number of fused-ring (bicyclic) bond motifs is 1. The number of hydrogen-bond acceptors (Lipinski definition) is 2. The maximum Gasteiger partial charge on any atom is 0.337 e. The third-order valence-electron chi connectivity index (χ3n) is 3.42. The van der Waals surface area contributed by atoms with E-state index in [-0.39, 0.29) is 0 Å². The second-order valence-electron chi connectivity index (χ2n) is 4.48. The molecule has 18 heavy (non-hydrogen) atoms. The maximum absolute atomic E-state index is 11.3. The number of rotatable bonds is 4. The fourth-order valence-electron chi connectivity index (χ4n) is 2.54. The molecule has 0 bridgehead atoms. The summed E-state index contributed by atoms with van der Waals surface area (Å²) in [6, 6.07) is 5.56. The first-order valence-electron chi connectivity index (χ1n) is 6.31. The van der Waals surface area contributed by atoms with Crippen molar-refractivity contribution in [1.29, 1.82) is 0 Å². The average Bonchev–Trinajstić information content (AvgIpc) is 2.67. The zero-order chi connectivity index (χ0) is 13.3. The number of benzene rings is 1. The highest BCUT2D eigenvalue weighted by Crippen LogP contribution is 2.27. The standard InChI is InChI=1S/C14H18N2O2/c1-4-10(5-2)16-9(3)15-12-8-6-7-11(13(12)16)14(17)18/h6-8,10H,4-5H2,1-3H3,(H,17,18). The zero-order valence-corrected chi connectivity index (χ0v) is 11.0. The molecular formula is C14H18N2O2. The molecule has 0 aliphatic heterocycles. The van der Waals surface area contributed by atoms with Crippen LogP contribution in [0.3, 0.4) is 0 Å². The second-order valence-corrected chi connectivity index (χ2v) is 4.48. The van der Waals surface area contributed by atoms with E-state index in [1.165, 1.54) is 0 Å². The van der Waals surface area contributed by atoms with Gasteiger partial charge >= 0.3 is 5.97 Å². The first-order valence-corrected chi connectivity index (χ1v) is 6.31. The number of imidazole rings is 1. The molecule has 1 aromatic carbocycles. The molecule has 1 aromatic heterocycles. The van der Waals surface area contributed by atoms with Crippen molar-refractivity contribution in [1.82, 2.24) is 9.55 Å². The first kappa shape index (κ1) is 12.6. The van der Waals surface area contributed by atoms with Crippen LogP contribution in [0.1, 0.15) is 48.9 Å². The molecule has 0 saturated carbocycles. The van der Waals surface area contributed by atoms with Crippen LogP contribution < -0.4 is 0 Å². The minimum atomic E-state index is -0.896. The summed E-state index contributed by atoms with van der Waals surface area (Å²) in [4.78, 5) is 15.8. The van der Waals surface area contributed by atoms with Gasteiger partial charge in [-0.1, -0.05) is 19.9 Å². The second kappa shape index (κ2) is 4.80. The lowest BCUT2D eigenvalue weighted by Gasteiger charge is -2.18. The minimum Gasteiger partial charge on any atom is -0.478 e. The summed E-state index contributed by atoms with van der Waals surface area (Å²) in [7, 11) is 0. The fourth-order valence-corrected chi connectivity index (χ4v) is 2.54. The molecule has 2 aromatic rings. The van der Waals surface area contributed by atoms with E-state index in [0.29, 0.717) is 11.6 Å². The largest absolute Gasteiger partial charge is 0.478 e. The molecule has 0 fully saturated rings. The minimum absolute atomic E-state index is 0.301. The smallest absolute Gasteiger partial charge is 0.337 e. The van der Waals surface area contributed by atoms with E-state index in [2.05, 4.69) is 23.4 Å². The molecule has 0 saturated heterocycles. The Labute approximate surface area is 106 Å². The van der Waals surface area contributed by atoms with Crippen molar-refractivity contribution in [2.75, 3.05) is 0 Å². The number of aromatic nitrogens is 2. The molecular weight excluding hydrogens is 228 g/mol. The van der Waals surface area contributed by atoms with E-state index in [1.54, 1.807) is 12.1 Å². The number of carboxylic acid groups (broad SMARTS) is 1. The highest BCUT2D eigenvalue weighted by molar-refractivity contribution is 6.01. The molecule has 4 heteroatoms. The molecule has 0 aliphatic carbocycles. The molecule has 1 N–H and O–H groups in total. The van der Waals surface area contributed by atoms with Gasteiger partial charge in [0.2, 0.25) is 0 Å². The van der Waals surface area contributed by atoms with Crippen molar-refractivity contribution in [2.45, 2.75) is 39.7 Å². The maximum atomic E-state index is 11.3. The number of carbonyl (C=O) groups is 1. The molecule has 0 amide bonds. The normalized spacial score (nSPS) is 11.3. The summed E-state index contributed by atoms with van der Waals surface area (Å²) in [6.07, 6.45) is 1.94. The van der Waals surface area contributed by atoms with E-state index >= 15 is 0 Å². The number of hydrogen-bond donors (Lipinski definition) is 1. The predicted octanol–water partition coefficient (Wildman–Crippen LogP) is 3.40. The van der Waals surface area contributed by atoms with Crippen molar-refractivity contribution >= 4 is 17.0 Å². The van der Waals surface area contributed by atoms with E-state index in [9.17, 15) is 9.90 Å². The lowest BCUT2D eigenvalue weighted by atomic mass is 10.1. The summed E-state index contributed by atoms with van der Waals surface area (Å²) >= 11 is 0. The molecule has 4 nitrogen and oxygen atoms in total. The predicted molar refractivity (Wildman–Crippen MR) is 71.0 cm³/mol. The van der Waals surface area contributed by atoms with Crippen molar-refractivity contribution < 1.29 is 9.90 Å². The Morgan fingerprint density at radius 3 is 2.61 bits per heavy atom. The van der Waals surface area contributed by atoms with Crippen LogP contribution in [-0.2, 0) is 0 Å². The molecule has 0 spiro atoms. The van der Waals surface area contributed by atoms with Gasteiger partial charge in [-0.05, 0) is 31.9 Å². The Morgan fingerprint density at radius 1 is 1.39 bits per heavy atom. The van der Waals surface area contributed by atoms with Gasteiger partial charge in [-0.3, -0.25) is 0 Å². The molecule has 0 aliphatic rings. The highest BCUT2D eigenvalue weighted by atomic mass is 16.4. The number of carboxylic acids is 1. The quantitative estimate of drug-likeness (QED) is 0.899. The lowest BCUT2D eigenvalue weighted by Crippen LogP contribution is -2.11. The Hall–Kier alpha value is -1.84. The van der Waals surface area contributed by atoms with Crippen LogP contribution in [0.4, 0.5) is 0 Å². The summed E-state index contributed by atoms with van der Waals surface area (Å²) < 4.78 is 2.07. The van der Waals surface area contributed by atoms with E-state index in [4.69, 9.17) is 0 Å². The number of aromatic carboxylic acids is 1. The van der Waals surface area contributed by atoms with Crippen LogP contribution in [0.2, 0.25) is 0 Å². The zero-order valence-electron chi connectivity index (χ0n) is 11.0. The van der Waals surface area contributed by atoms with Gasteiger partial charge in [0.05, 0.1) is 16.6 Å². The molecule has 2 rings (SSSR count). The van der Waals surface area contributed by atoms with Gasteiger partial charge in [0.15, 0.2) is 0 Å². The number of nitrogens with zero attached hydrogens (tertiary/aromatic N) is 2. The van der Waals surface area contributed by atoms with Gasteiger partial charge in [-0.15, -0.1) is 0 Å². The SMILES string of the molecule is CCC(CC)n1c(C)nc2cccc(C(=O)O)c21. The lowest BCUT2D eigenvalue weighted by molar-refractivity contribution is 0.0698. The van der Waals surface area contributed by atoms with Gasteiger partial charge in [-0.2, -0.15) is 0 Å². The Kier molecular flexibility index (Phi) is 3.36. The van der Waals surface area contributed by atoms with E-state index in [1.807, 2.05) is 13.0 Å². The van der Waals surface area contributed by atoms with Crippen molar-refractivity contribution in [3.8, 4) is 0 Å². The molecule has 1 heterocycles.